The van der Waals surface area contributed by atoms with Crippen molar-refractivity contribution in [2.45, 2.75) is 200 Å². The highest BCUT2D eigenvalue weighted by atomic mass is 17.1. The maximum atomic E-state index is 12.2. The Balaban J connectivity index is 3.68. The van der Waals surface area contributed by atoms with E-state index in [1.54, 1.807) is 0 Å². The fourth-order valence-corrected chi connectivity index (χ4v) is 5.38. The molecule has 0 aromatic carbocycles. The summed E-state index contributed by atoms with van der Waals surface area (Å²) in [4.78, 5) is 28.5. The summed E-state index contributed by atoms with van der Waals surface area (Å²) in [5.74, 6) is -0.646. The van der Waals surface area contributed by atoms with Crippen molar-refractivity contribution >= 4 is 11.9 Å². The van der Waals surface area contributed by atoms with Crippen LogP contribution in [0.15, 0.2) is 24.3 Å². The topological polar surface area (TPSA) is 82.1 Å². The maximum Gasteiger partial charge on any atom is 0.306 e. The predicted molar refractivity (Wildman–Crippen MR) is 188 cm³/mol. The minimum absolute atomic E-state index is 0.0947. The molecule has 1 N–H and O–H groups in total. The molecule has 0 amide bonds. The van der Waals surface area contributed by atoms with Crippen molar-refractivity contribution in [2.24, 2.45) is 0 Å². The number of hydrogen-bond donors (Lipinski definition) is 1. The maximum absolute atomic E-state index is 12.2. The third-order valence-electron chi connectivity index (χ3n) is 8.27. The molecule has 45 heavy (non-hydrogen) atoms. The van der Waals surface area contributed by atoms with Crippen LogP contribution in [0.5, 0.6) is 0 Å². The van der Waals surface area contributed by atoms with Gasteiger partial charge in [0.25, 0.3) is 0 Å². The van der Waals surface area contributed by atoms with Gasteiger partial charge in [-0.2, -0.15) is 0 Å². The van der Waals surface area contributed by atoms with Crippen molar-refractivity contribution < 1.29 is 29.2 Å². The fourth-order valence-electron chi connectivity index (χ4n) is 5.38. The number of hydrogen-bond acceptors (Lipinski definition) is 6. The molecule has 6 heteroatoms. The molecule has 0 aromatic heterocycles. The first-order valence-electron chi connectivity index (χ1n) is 19.0. The molecule has 0 bridgehead atoms. The zero-order chi connectivity index (χ0) is 32.9. The Kier molecular flexibility index (Phi) is 35.4. The van der Waals surface area contributed by atoms with Gasteiger partial charge in [0.15, 0.2) is 6.10 Å². The largest absolute Gasteiger partial charge is 0.462 e. The van der Waals surface area contributed by atoms with Crippen molar-refractivity contribution in [1.29, 1.82) is 0 Å². The lowest BCUT2D eigenvalue weighted by Gasteiger charge is -2.16. The molecule has 6 nitrogen and oxygen atoms in total. The highest BCUT2D eigenvalue weighted by Crippen LogP contribution is 2.13. The summed E-state index contributed by atoms with van der Waals surface area (Å²) < 4.78 is 10.7. The summed E-state index contributed by atoms with van der Waals surface area (Å²) in [5.41, 5.74) is 0. The second-order valence-corrected chi connectivity index (χ2v) is 12.8. The number of unbranched alkanes of at least 4 members (excludes halogenated alkanes) is 22. The Hall–Kier alpha value is -1.66. The molecule has 0 heterocycles. The number of carbonyl (C=O) groups is 2. The average Bonchev–Trinajstić information content (AvgIpc) is 3.03. The number of esters is 2. The number of allylic oxidation sites excluding steroid dienone is 4. The van der Waals surface area contributed by atoms with Gasteiger partial charge in [0.05, 0.1) is 0 Å². The number of ether oxygens (including phenoxy) is 2. The molecular weight excluding hydrogens is 564 g/mol. The second kappa shape index (κ2) is 36.8. The van der Waals surface area contributed by atoms with Crippen LogP contribution in [0.2, 0.25) is 0 Å². The Morgan fingerprint density at radius 2 is 0.844 bits per heavy atom. The van der Waals surface area contributed by atoms with E-state index in [0.717, 1.165) is 51.4 Å². The van der Waals surface area contributed by atoms with E-state index < -0.39 is 6.10 Å². The first kappa shape index (κ1) is 43.3. The Morgan fingerprint density at radius 3 is 1.24 bits per heavy atom. The number of carbonyl (C=O) groups excluding carboxylic acids is 2. The van der Waals surface area contributed by atoms with E-state index in [-0.39, 0.29) is 25.2 Å². The van der Waals surface area contributed by atoms with Gasteiger partial charge in [-0.1, -0.05) is 141 Å². The Labute approximate surface area is 278 Å². The molecule has 1 unspecified atom stereocenters. The molecule has 0 fully saturated rings. The molecule has 0 rings (SSSR count). The highest BCUT2D eigenvalue weighted by Gasteiger charge is 2.17. The van der Waals surface area contributed by atoms with E-state index in [9.17, 15) is 9.59 Å². The summed E-state index contributed by atoms with van der Waals surface area (Å²) in [6.07, 6.45) is 40.6. The second-order valence-electron chi connectivity index (χ2n) is 12.8. The van der Waals surface area contributed by atoms with Gasteiger partial charge in [-0.05, 0) is 64.2 Å². The van der Waals surface area contributed by atoms with Gasteiger partial charge in [-0.3, -0.25) is 14.8 Å². The van der Waals surface area contributed by atoms with E-state index >= 15 is 0 Å². The average molecular weight is 637 g/mol. The van der Waals surface area contributed by atoms with Crippen LogP contribution in [-0.2, 0) is 24.0 Å². The van der Waals surface area contributed by atoms with Gasteiger partial charge < -0.3 is 9.47 Å². The minimum Gasteiger partial charge on any atom is -0.462 e. The standard InChI is InChI=1S/C39H72O6/c1-3-5-7-9-11-13-15-17-19-21-23-25-27-29-31-33-38(40)43-35-37(36-44-42)45-39(41)34-32-30-28-26-24-22-20-18-16-14-12-10-8-6-4-2/h17-20,37,42H,3-16,21-36H2,1-2H3/b19-17-,20-18-. The van der Waals surface area contributed by atoms with Crippen LogP contribution in [-0.4, -0.2) is 36.5 Å². The van der Waals surface area contributed by atoms with Crippen LogP contribution in [0.1, 0.15) is 194 Å². The van der Waals surface area contributed by atoms with E-state index in [1.807, 2.05) is 0 Å². The monoisotopic (exact) mass is 637 g/mol. The normalized spacial score (nSPS) is 12.3. The van der Waals surface area contributed by atoms with Crippen molar-refractivity contribution in [1.82, 2.24) is 0 Å². The Morgan fingerprint density at radius 1 is 0.489 bits per heavy atom. The lowest BCUT2D eigenvalue weighted by molar-refractivity contribution is -0.261. The Bertz CT molecular complexity index is 689. The van der Waals surface area contributed by atoms with Gasteiger partial charge in [-0.15, -0.1) is 0 Å². The summed E-state index contributed by atoms with van der Waals surface area (Å²) >= 11 is 0. The van der Waals surface area contributed by atoms with E-state index in [4.69, 9.17) is 14.7 Å². The van der Waals surface area contributed by atoms with Gasteiger partial charge in [0, 0.05) is 12.8 Å². The molecule has 0 radical (unpaired) electrons. The first-order valence-corrected chi connectivity index (χ1v) is 19.0. The smallest absolute Gasteiger partial charge is 0.306 e. The van der Waals surface area contributed by atoms with Crippen LogP contribution in [0.4, 0.5) is 0 Å². The van der Waals surface area contributed by atoms with Crippen molar-refractivity contribution in [2.75, 3.05) is 13.2 Å². The first-order chi connectivity index (χ1) is 22.1. The SMILES string of the molecule is CCCCCCCC/C=C\CCCCCCCC(=O)OCC(COO)OC(=O)CCCCCCC/C=C\CCCCCCCC. The summed E-state index contributed by atoms with van der Waals surface area (Å²) in [6, 6.07) is 0. The highest BCUT2D eigenvalue weighted by molar-refractivity contribution is 5.70. The zero-order valence-electron chi connectivity index (χ0n) is 29.6. The van der Waals surface area contributed by atoms with Crippen molar-refractivity contribution in [3.05, 3.63) is 24.3 Å². The fraction of sp³-hybridized carbons (Fsp3) is 0.846. The lowest BCUT2D eigenvalue weighted by Crippen LogP contribution is -2.29. The molecule has 0 saturated heterocycles. The predicted octanol–water partition coefficient (Wildman–Crippen LogP) is 12.0. The molecule has 0 aliphatic carbocycles. The summed E-state index contributed by atoms with van der Waals surface area (Å²) in [6.45, 7) is 4.21. The third kappa shape index (κ3) is 35.0. The van der Waals surface area contributed by atoms with Crippen molar-refractivity contribution in [3.8, 4) is 0 Å². The molecule has 264 valence electrons. The molecule has 0 aromatic rings. The lowest BCUT2D eigenvalue weighted by atomic mass is 10.1. The van der Waals surface area contributed by atoms with E-state index in [2.05, 4.69) is 43.0 Å². The van der Waals surface area contributed by atoms with Gasteiger partial charge in [-0.25, -0.2) is 4.89 Å². The van der Waals surface area contributed by atoms with Crippen LogP contribution in [0, 0.1) is 0 Å². The van der Waals surface area contributed by atoms with Crippen LogP contribution < -0.4 is 0 Å². The molecule has 0 spiro atoms. The van der Waals surface area contributed by atoms with Crippen LogP contribution in [0.3, 0.4) is 0 Å². The number of rotatable bonds is 35. The summed E-state index contributed by atoms with van der Waals surface area (Å²) in [5, 5.41) is 8.84. The summed E-state index contributed by atoms with van der Waals surface area (Å²) in [7, 11) is 0. The quantitative estimate of drug-likeness (QED) is 0.0245. The zero-order valence-corrected chi connectivity index (χ0v) is 29.6. The molecule has 0 saturated carbocycles. The van der Waals surface area contributed by atoms with E-state index in [1.165, 1.54) is 116 Å². The van der Waals surface area contributed by atoms with Gasteiger partial charge in [0.1, 0.15) is 13.2 Å². The molecule has 1 atom stereocenters. The minimum atomic E-state index is -0.788. The molecular formula is C39H72O6. The molecule has 0 aliphatic heterocycles. The van der Waals surface area contributed by atoms with Crippen LogP contribution in [0.25, 0.3) is 0 Å². The van der Waals surface area contributed by atoms with Crippen LogP contribution >= 0.6 is 0 Å². The van der Waals surface area contributed by atoms with Gasteiger partial charge in [0.2, 0.25) is 0 Å². The van der Waals surface area contributed by atoms with E-state index in [0.29, 0.717) is 12.8 Å². The molecule has 0 aliphatic rings. The van der Waals surface area contributed by atoms with Crippen molar-refractivity contribution in [3.63, 3.8) is 0 Å². The van der Waals surface area contributed by atoms with Gasteiger partial charge >= 0.3 is 11.9 Å². The third-order valence-corrected chi connectivity index (χ3v) is 8.27.